The van der Waals surface area contributed by atoms with Gasteiger partial charge in [-0.3, -0.25) is 0 Å². The molecule has 0 unspecified atom stereocenters. The van der Waals surface area contributed by atoms with Gasteiger partial charge in [0.15, 0.2) is 0 Å². The van der Waals surface area contributed by atoms with Crippen LogP contribution in [0.4, 0.5) is 0 Å². The fraction of sp³-hybridized carbons (Fsp3) is 0.0588. The standard InChI is InChI=1S/C34H26O8/c1-7-30(35)41-28-19-24(10-9-23-11-15-26(16-12-23)39-33(37)21(3)4)20-29(42-31(36)8-2)32(28)25-13-17-27(18-14-25)40-34(38)22(5)6/h7-8,11-20H,1-3,5H2,4,6H3. The molecule has 0 saturated heterocycles. The van der Waals surface area contributed by atoms with Crippen molar-refractivity contribution in [1.29, 1.82) is 0 Å². The fourth-order valence-electron chi connectivity index (χ4n) is 3.24. The Morgan fingerprint density at radius 3 is 1.43 bits per heavy atom. The minimum absolute atomic E-state index is 0.0345. The van der Waals surface area contributed by atoms with Gasteiger partial charge in [0.1, 0.15) is 23.0 Å². The van der Waals surface area contributed by atoms with Crippen molar-refractivity contribution >= 4 is 23.9 Å². The molecule has 0 atom stereocenters. The first-order valence-electron chi connectivity index (χ1n) is 12.3. The van der Waals surface area contributed by atoms with Crippen molar-refractivity contribution in [2.45, 2.75) is 13.8 Å². The summed E-state index contributed by atoms with van der Waals surface area (Å²) in [6, 6.07) is 15.7. The molecule has 0 radical (unpaired) electrons. The molecule has 0 bridgehead atoms. The predicted octanol–water partition coefficient (Wildman–Crippen LogP) is 5.90. The van der Waals surface area contributed by atoms with Gasteiger partial charge in [-0.25, -0.2) is 19.2 Å². The van der Waals surface area contributed by atoms with E-state index in [-0.39, 0.29) is 34.0 Å². The van der Waals surface area contributed by atoms with Gasteiger partial charge in [0.25, 0.3) is 0 Å². The topological polar surface area (TPSA) is 105 Å². The van der Waals surface area contributed by atoms with E-state index in [9.17, 15) is 19.2 Å². The Labute approximate surface area is 243 Å². The van der Waals surface area contributed by atoms with Crippen LogP contribution in [0.2, 0.25) is 0 Å². The molecule has 3 rings (SSSR count). The first kappa shape index (κ1) is 30.6. The van der Waals surface area contributed by atoms with Crippen LogP contribution in [0.15, 0.2) is 110 Å². The number of ether oxygens (including phenoxy) is 4. The molecular formula is C34H26O8. The smallest absolute Gasteiger partial charge is 0.338 e. The third-order valence-corrected chi connectivity index (χ3v) is 5.29. The Balaban J connectivity index is 2.06. The SMILES string of the molecule is C=CC(=O)Oc1cc(C#Cc2ccc(OC(=O)C(=C)C)cc2)cc(OC(=O)C=C)c1-c1ccc(OC(=O)C(=C)C)cc1. The molecule has 0 saturated carbocycles. The number of benzene rings is 3. The van der Waals surface area contributed by atoms with Crippen molar-refractivity contribution in [3.05, 3.63) is 121 Å². The summed E-state index contributed by atoms with van der Waals surface area (Å²) >= 11 is 0. The van der Waals surface area contributed by atoms with Crippen molar-refractivity contribution in [1.82, 2.24) is 0 Å². The van der Waals surface area contributed by atoms with Crippen molar-refractivity contribution in [3.63, 3.8) is 0 Å². The monoisotopic (exact) mass is 562 g/mol. The molecule has 0 aromatic heterocycles. The van der Waals surface area contributed by atoms with Crippen LogP contribution in [0.25, 0.3) is 11.1 Å². The number of carbonyl (C=O) groups excluding carboxylic acids is 4. The Kier molecular flexibility index (Phi) is 10.1. The quantitative estimate of drug-likeness (QED) is 0.137. The Morgan fingerprint density at radius 1 is 0.619 bits per heavy atom. The molecule has 210 valence electrons. The maximum Gasteiger partial charge on any atom is 0.338 e. The Hall–Kier alpha value is -5.94. The van der Waals surface area contributed by atoms with Gasteiger partial charge in [0, 0.05) is 34.4 Å². The second kappa shape index (κ2) is 13.9. The zero-order valence-electron chi connectivity index (χ0n) is 23.0. The zero-order valence-corrected chi connectivity index (χ0v) is 23.0. The van der Waals surface area contributed by atoms with Gasteiger partial charge in [-0.1, -0.05) is 50.3 Å². The van der Waals surface area contributed by atoms with E-state index < -0.39 is 23.9 Å². The van der Waals surface area contributed by atoms with Gasteiger partial charge < -0.3 is 18.9 Å². The summed E-state index contributed by atoms with van der Waals surface area (Å²) in [7, 11) is 0. The Bertz CT molecular complexity index is 1620. The van der Waals surface area contributed by atoms with Crippen LogP contribution in [0.5, 0.6) is 23.0 Å². The summed E-state index contributed by atoms with van der Waals surface area (Å²) < 4.78 is 21.4. The zero-order chi connectivity index (χ0) is 30.8. The molecule has 8 nitrogen and oxygen atoms in total. The van der Waals surface area contributed by atoms with Gasteiger partial charge in [0.2, 0.25) is 0 Å². The van der Waals surface area contributed by atoms with Crippen molar-refractivity contribution in [2.75, 3.05) is 0 Å². The second-order valence-corrected chi connectivity index (χ2v) is 8.74. The average Bonchev–Trinajstić information content (AvgIpc) is 2.97. The highest BCUT2D eigenvalue weighted by Crippen LogP contribution is 2.41. The van der Waals surface area contributed by atoms with Crippen LogP contribution in [-0.2, 0) is 19.2 Å². The molecular weight excluding hydrogens is 536 g/mol. The molecule has 0 heterocycles. The first-order valence-corrected chi connectivity index (χ1v) is 12.3. The number of hydrogen-bond donors (Lipinski definition) is 0. The van der Waals surface area contributed by atoms with Crippen LogP contribution in [0.1, 0.15) is 25.0 Å². The Morgan fingerprint density at radius 2 is 1.02 bits per heavy atom. The van der Waals surface area contributed by atoms with Crippen LogP contribution in [0.3, 0.4) is 0 Å². The summed E-state index contributed by atoms with van der Waals surface area (Å²) in [6.45, 7) is 17.0. The molecule has 0 aliphatic rings. The largest absolute Gasteiger partial charge is 0.423 e. The molecule has 0 aliphatic carbocycles. The van der Waals surface area contributed by atoms with E-state index in [1.807, 2.05) is 0 Å². The highest BCUT2D eigenvalue weighted by molar-refractivity contribution is 5.91. The van der Waals surface area contributed by atoms with E-state index in [0.717, 1.165) is 12.2 Å². The summed E-state index contributed by atoms with van der Waals surface area (Å²) in [4.78, 5) is 48.1. The normalized spacial score (nSPS) is 9.76. The molecule has 8 heteroatoms. The van der Waals surface area contributed by atoms with E-state index >= 15 is 0 Å². The molecule has 0 aliphatic heterocycles. The van der Waals surface area contributed by atoms with Crippen LogP contribution in [-0.4, -0.2) is 23.9 Å². The fourth-order valence-corrected chi connectivity index (χ4v) is 3.24. The summed E-state index contributed by atoms with van der Waals surface area (Å²) in [5.41, 5.74) is 2.17. The van der Waals surface area contributed by atoms with Crippen molar-refractivity contribution in [2.24, 2.45) is 0 Å². The maximum absolute atomic E-state index is 12.2. The van der Waals surface area contributed by atoms with Gasteiger partial charge in [0.05, 0.1) is 5.56 Å². The van der Waals surface area contributed by atoms with Crippen molar-refractivity contribution < 1.29 is 38.1 Å². The van der Waals surface area contributed by atoms with Gasteiger partial charge in [-0.05, 0) is 67.9 Å². The molecule has 3 aromatic carbocycles. The third kappa shape index (κ3) is 8.28. The van der Waals surface area contributed by atoms with E-state index in [1.54, 1.807) is 43.3 Å². The lowest BCUT2D eigenvalue weighted by molar-refractivity contribution is -0.130. The highest BCUT2D eigenvalue weighted by Gasteiger charge is 2.19. The lowest BCUT2D eigenvalue weighted by Gasteiger charge is -2.15. The minimum Gasteiger partial charge on any atom is -0.423 e. The molecule has 0 spiro atoms. The number of hydrogen-bond acceptors (Lipinski definition) is 8. The molecule has 3 aromatic rings. The molecule has 0 fully saturated rings. The average molecular weight is 563 g/mol. The van der Waals surface area contributed by atoms with E-state index in [0.29, 0.717) is 22.4 Å². The van der Waals surface area contributed by atoms with E-state index in [4.69, 9.17) is 18.9 Å². The van der Waals surface area contributed by atoms with Crippen molar-refractivity contribution in [3.8, 4) is 46.0 Å². The summed E-state index contributed by atoms with van der Waals surface area (Å²) in [6.07, 6.45) is 1.97. The second-order valence-electron chi connectivity index (χ2n) is 8.74. The predicted molar refractivity (Wildman–Crippen MR) is 157 cm³/mol. The lowest BCUT2D eigenvalue weighted by atomic mass is 10.0. The minimum atomic E-state index is -0.755. The van der Waals surface area contributed by atoms with Gasteiger partial charge in [-0.15, -0.1) is 0 Å². The highest BCUT2D eigenvalue weighted by atomic mass is 16.6. The number of esters is 4. The van der Waals surface area contributed by atoms with Crippen LogP contribution < -0.4 is 18.9 Å². The van der Waals surface area contributed by atoms with Crippen LogP contribution in [0, 0.1) is 11.8 Å². The van der Waals surface area contributed by atoms with Gasteiger partial charge >= 0.3 is 23.9 Å². The summed E-state index contributed by atoms with van der Waals surface area (Å²) in [5.74, 6) is 3.92. The third-order valence-electron chi connectivity index (χ3n) is 5.29. The lowest BCUT2D eigenvalue weighted by Crippen LogP contribution is -2.09. The first-order chi connectivity index (χ1) is 20.0. The molecule has 0 N–H and O–H groups in total. The van der Waals surface area contributed by atoms with E-state index in [2.05, 4.69) is 38.2 Å². The molecule has 42 heavy (non-hydrogen) atoms. The van der Waals surface area contributed by atoms with Gasteiger partial charge in [-0.2, -0.15) is 0 Å². The number of rotatable bonds is 9. The number of carbonyl (C=O) groups is 4. The maximum atomic E-state index is 12.2. The molecule has 0 amide bonds. The summed E-state index contributed by atoms with van der Waals surface area (Å²) in [5, 5.41) is 0. The van der Waals surface area contributed by atoms with E-state index in [1.165, 1.54) is 31.2 Å². The van der Waals surface area contributed by atoms with Crippen LogP contribution >= 0.6 is 0 Å².